The van der Waals surface area contributed by atoms with Crippen molar-refractivity contribution >= 4 is 17.1 Å². The lowest BCUT2D eigenvalue weighted by Gasteiger charge is -2.18. The molecule has 0 aromatic carbocycles. The first kappa shape index (κ1) is 9.55. The lowest BCUT2D eigenvalue weighted by molar-refractivity contribution is 0.0904. The van der Waals surface area contributed by atoms with Crippen molar-refractivity contribution < 1.29 is 4.79 Å². The molecule has 2 nitrogen and oxygen atoms in total. The fraction of sp³-hybridized carbons (Fsp3) is 0.583. The van der Waals surface area contributed by atoms with Gasteiger partial charge in [0.1, 0.15) is 0 Å². The SMILES string of the molecule is Cc1ccsc1C(=O)C1CC2CCC1N2. The first-order valence-electron chi connectivity index (χ1n) is 5.60. The standard InChI is InChI=1S/C12H15NOS/c1-7-4-5-15-12(7)11(14)9-6-8-2-3-10(9)13-8/h4-5,8-10,13H,2-3,6H2,1H3. The van der Waals surface area contributed by atoms with Gasteiger partial charge >= 0.3 is 0 Å². The number of fused-ring (bicyclic) bond motifs is 2. The lowest BCUT2D eigenvalue weighted by atomic mass is 9.85. The van der Waals surface area contributed by atoms with Gasteiger partial charge in [-0.05, 0) is 43.2 Å². The molecule has 80 valence electrons. The van der Waals surface area contributed by atoms with Crippen LogP contribution >= 0.6 is 11.3 Å². The average molecular weight is 221 g/mol. The van der Waals surface area contributed by atoms with Crippen molar-refractivity contribution in [1.82, 2.24) is 5.32 Å². The topological polar surface area (TPSA) is 29.1 Å². The first-order chi connectivity index (χ1) is 7.25. The minimum absolute atomic E-state index is 0.251. The van der Waals surface area contributed by atoms with Gasteiger partial charge in [-0.15, -0.1) is 11.3 Å². The molecule has 0 radical (unpaired) electrons. The van der Waals surface area contributed by atoms with Crippen molar-refractivity contribution in [2.75, 3.05) is 0 Å². The van der Waals surface area contributed by atoms with E-state index in [1.807, 2.05) is 18.4 Å². The van der Waals surface area contributed by atoms with Gasteiger partial charge in [0.2, 0.25) is 0 Å². The minimum atomic E-state index is 0.251. The van der Waals surface area contributed by atoms with Crippen molar-refractivity contribution in [2.45, 2.75) is 38.3 Å². The Kier molecular flexibility index (Phi) is 2.18. The molecule has 3 unspecified atom stereocenters. The highest BCUT2D eigenvalue weighted by Gasteiger charge is 2.43. The Morgan fingerprint density at radius 1 is 1.53 bits per heavy atom. The molecule has 3 atom stereocenters. The van der Waals surface area contributed by atoms with Crippen LogP contribution in [0.4, 0.5) is 0 Å². The van der Waals surface area contributed by atoms with E-state index in [1.54, 1.807) is 11.3 Å². The number of ketones is 1. The molecular formula is C12H15NOS. The van der Waals surface area contributed by atoms with Crippen molar-refractivity contribution in [1.29, 1.82) is 0 Å². The van der Waals surface area contributed by atoms with Crippen LogP contribution in [0.2, 0.25) is 0 Å². The fourth-order valence-corrected chi connectivity index (χ4v) is 3.84. The zero-order valence-corrected chi connectivity index (χ0v) is 9.64. The second-order valence-electron chi connectivity index (χ2n) is 4.69. The Labute approximate surface area is 93.7 Å². The lowest BCUT2D eigenvalue weighted by Crippen LogP contribution is -2.28. The second kappa shape index (κ2) is 3.42. The molecule has 0 saturated carbocycles. The summed E-state index contributed by atoms with van der Waals surface area (Å²) in [5, 5.41) is 5.54. The van der Waals surface area contributed by atoms with Crippen LogP contribution in [0.5, 0.6) is 0 Å². The number of carbonyl (C=O) groups is 1. The summed E-state index contributed by atoms with van der Waals surface area (Å²) >= 11 is 1.59. The van der Waals surface area contributed by atoms with E-state index in [1.165, 1.54) is 12.8 Å². The summed E-state index contributed by atoms with van der Waals surface area (Å²) in [4.78, 5) is 13.3. The summed E-state index contributed by atoms with van der Waals surface area (Å²) < 4.78 is 0. The summed E-state index contributed by atoms with van der Waals surface area (Å²) in [5.41, 5.74) is 1.15. The number of nitrogens with one attached hydrogen (secondary N) is 1. The molecule has 2 aliphatic rings. The second-order valence-corrected chi connectivity index (χ2v) is 5.60. The molecular weight excluding hydrogens is 206 g/mol. The molecule has 2 aliphatic heterocycles. The number of thiophene rings is 1. The van der Waals surface area contributed by atoms with Crippen molar-refractivity contribution in [3.63, 3.8) is 0 Å². The van der Waals surface area contributed by atoms with Gasteiger partial charge in [0.25, 0.3) is 0 Å². The largest absolute Gasteiger partial charge is 0.310 e. The molecule has 1 aromatic rings. The molecule has 1 aromatic heterocycles. The summed E-state index contributed by atoms with van der Waals surface area (Å²) in [5.74, 6) is 0.628. The fourth-order valence-electron chi connectivity index (χ4n) is 2.91. The van der Waals surface area contributed by atoms with Crippen LogP contribution in [0.25, 0.3) is 0 Å². The molecule has 2 bridgehead atoms. The highest BCUT2D eigenvalue weighted by Crippen LogP contribution is 2.36. The van der Waals surface area contributed by atoms with Gasteiger partial charge in [0.15, 0.2) is 5.78 Å². The van der Waals surface area contributed by atoms with Crippen LogP contribution in [0.15, 0.2) is 11.4 Å². The van der Waals surface area contributed by atoms with E-state index in [4.69, 9.17) is 0 Å². The van der Waals surface area contributed by atoms with Crippen molar-refractivity contribution in [2.24, 2.45) is 5.92 Å². The third-order valence-electron chi connectivity index (χ3n) is 3.72. The van der Waals surface area contributed by atoms with Gasteiger partial charge in [-0.1, -0.05) is 0 Å². The number of carbonyl (C=O) groups excluding carboxylic acids is 1. The first-order valence-corrected chi connectivity index (χ1v) is 6.48. The Morgan fingerprint density at radius 2 is 2.40 bits per heavy atom. The molecule has 0 amide bonds. The number of hydrogen-bond donors (Lipinski definition) is 1. The van der Waals surface area contributed by atoms with E-state index in [9.17, 15) is 4.79 Å². The van der Waals surface area contributed by atoms with Crippen molar-refractivity contribution in [3.8, 4) is 0 Å². The van der Waals surface area contributed by atoms with Crippen LogP contribution in [0.1, 0.15) is 34.5 Å². The zero-order valence-electron chi connectivity index (χ0n) is 8.82. The van der Waals surface area contributed by atoms with E-state index in [0.29, 0.717) is 17.9 Å². The summed E-state index contributed by atoms with van der Waals surface area (Å²) in [7, 11) is 0. The normalized spacial score (nSPS) is 33.5. The van der Waals surface area contributed by atoms with Crippen LogP contribution < -0.4 is 5.32 Å². The minimum Gasteiger partial charge on any atom is -0.310 e. The quantitative estimate of drug-likeness (QED) is 0.777. The third-order valence-corrected chi connectivity index (χ3v) is 4.75. The molecule has 3 heteroatoms. The molecule has 3 rings (SSSR count). The summed E-state index contributed by atoms with van der Waals surface area (Å²) in [6.07, 6.45) is 3.50. The van der Waals surface area contributed by atoms with Gasteiger partial charge in [0.05, 0.1) is 4.88 Å². The summed E-state index contributed by atoms with van der Waals surface area (Å²) in [6.45, 7) is 2.03. The van der Waals surface area contributed by atoms with E-state index in [-0.39, 0.29) is 5.92 Å². The number of aryl methyl sites for hydroxylation is 1. The highest BCUT2D eigenvalue weighted by atomic mass is 32.1. The van der Waals surface area contributed by atoms with Crippen LogP contribution in [-0.4, -0.2) is 17.9 Å². The number of rotatable bonds is 2. The van der Waals surface area contributed by atoms with E-state index in [0.717, 1.165) is 16.9 Å². The van der Waals surface area contributed by atoms with Gasteiger partial charge in [-0.2, -0.15) is 0 Å². The average Bonchev–Trinajstić information content (AvgIpc) is 2.91. The van der Waals surface area contributed by atoms with E-state index in [2.05, 4.69) is 5.32 Å². The smallest absolute Gasteiger partial charge is 0.177 e. The van der Waals surface area contributed by atoms with Crippen molar-refractivity contribution in [3.05, 3.63) is 21.9 Å². The Hall–Kier alpha value is -0.670. The molecule has 2 saturated heterocycles. The van der Waals surface area contributed by atoms with E-state index < -0.39 is 0 Å². The maximum Gasteiger partial charge on any atom is 0.177 e. The van der Waals surface area contributed by atoms with Gasteiger partial charge < -0.3 is 5.32 Å². The molecule has 15 heavy (non-hydrogen) atoms. The predicted octanol–water partition coefficient (Wildman–Crippen LogP) is 2.38. The Balaban J connectivity index is 1.84. The maximum absolute atomic E-state index is 12.3. The molecule has 1 N–H and O–H groups in total. The Bertz CT molecular complexity index is 398. The van der Waals surface area contributed by atoms with Gasteiger partial charge in [-0.25, -0.2) is 0 Å². The maximum atomic E-state index is 12.3. The van der Waals surface area contributed by atoms with Crippen LogP contribution in [-0.2, 0) is 0 Å². The third kappa shape index (κ3) is 1.45. The summed E-state index contributed by atoms with van der Waals surface area (Å²) in [6, 6.07) is 3.12. The predicted molar refractivity (Wildman–Crippen MR) is 61.4 cm³/mol. The zero-order chi connectivity index (χ0) is 10.4. The van der Waals surface area contributed by atoms with Gasteiger partial charge in [0, 0.05) is 18.0 Å². The Morgan fingerprint density at radius 3 is 2.93 bits per heavy atom. The van der Waals surface area contributed by atoms with Crippen LogP contribution in [0.3, 0.4) is 0 Å². The number of Topliss-reactive ketones (excluding diaryl/α,β-unsaturated/α-hetero) is 1. The molecule has 0 aliphatic carbocycles. The number of hydrogen-bond acceptors (Lipinski definition) is 3. The molecule has 3 heterocycles. The molecule has 0 spiro atoms. The van der Waals surface area contributed by atoms with E-state index >= 15 is 0 Å². The molecule has 2 fully saturated rings. The van der Waals surface area contributed by atoms with Crippen LogP contribution in [0, 0.1) is 12.8 Å². The van der Waals surface area contributed by atoms with Gasteiger partial charge in [-0.3, -0.25) is 4.79 Å². The monoisotopic (exact) mass is 221 g/mol. The highest BCUT2D eigenvalue weighted by molar-refractivity contribution is 7.12.